The topological polar surface area (TPSA) is 89.3 Å². The molecule has 3 N–H and O–H groups in total. The molecule has 0 fully saturated rings. The third-order valence-electron chi connectivity index (χ3n) is 3.06. The van der Waals surface area contributed by atoms with E-state index in [1.54, 1.807) is 6.92 Å². The Bertz CT molecular complexity index is 602. The highest BCUT2D eigenvalue weighted by Gasteiger charge is 2.19. The van der Waals surface area contributed by atoms with Gasteiger partial charge < -0.3 is 5.73 Å². The zero-order valence-electron chi connectivity index (χ0n) is 11.7. The number of nitrogens with one attached hydrogen (secondary N) is 1. The van der Waals surface area contributed by atoms with Crippen LogP contribution in [0, 0.1) is 5.82 Å². The van der Waals surface area contributed by atoms with Crippen LogP contribution in [0.4, 0.5) is 4.39 Å². The van der Waals surface area contributed by atoms with Crippen molar-refractivity contribution < 1.29 is 17.6 Å². The molecular formula is C13H19FN2O3S. The normalized spacial score (nSPS) is 14.8. The zero-order valence-corrected chi connectivity index (χ0v) is 12.5. The maximum absolute atomic E-state index is 13.8. The first kappa shape index (κ1) is 16.6. The van der Waals surface area contributed by atoms with Gasteiger partial charge in [-0.15, -0.1) is 0 Å². The molecule has 5 nitrogen and oxygen atoms in total. The lowest BCUT2D eigenvalue weighted by Crippen LogP contribution is -2.41. The van der Waals surface area contributed by atoms with Gasteiger partial charge in [0.2, 0.25) is 5.91 Å². The van der Waals surface area contributed by atoms with Gasteiger partial charge >= 0.3 is 0 Å². The number of rotatable bonds is 6. The summed E-state index contributed by atoms with van der Waals surface area (Å²) in [5.74, 6) is -1.28. The van der Waals surface area contributed by atoms with E-state index in [9.17, 15) is 17.6 Å². The molecule has 1 aromatic carbocycles. The number of hydrogen-bond acceptors (Lipinski definition) is 4. The van der Waals surface area contributed by atoms with Crippen LogP contribution >= 0.6 is 0 Å². The van der Waals surface area contributed by atoms with Gasteiger partial charge in [0.15, 0.2) is 9.84 Å². The highest BCUT2D eigenvalue weighted by Crippen LogP contribution is 2.20. The SMILES string of the molecule is CCC(NC(C)c1ccc(S(C)(=O)=O)c(F)c1)C(N)=O. The number of hydrogen-bond donors (Lipinski definition) is 2. The van der Waals surface area contributed by atoms with E-state index in [-0.39, 0.29) is 10.9 Å². The molecule has 0 aliphatic heterocycles. The van der Waals surface area contributed by atoms with E-state index in [4.69, 9.17) is 5.73 Å². The van der Waals surface area contributed by atoms with Gasteiger partial charge in [-0.1, -0.05) is 13.0 Å². The van der Waals surface area contributed by atoms with Gasteiger partial charge in [0.25, 0.3) is 0 Å². The third kappa shape index (κ3) is 4.01. The number of benzene rings is 1. The van der Waals surface area contributed by atoms with Crippen molar-refractivity contribution in [2.45, 2.75) is 37.2 Å². The molecule has 2 atom stereocenters. The monoisotopic (exact) mass is 302 g/mol. The molecule has 1 amide bonds. The van der Waals surface area contributed by atoms with Crippen molar-refractivity contribution in [3.63, 3.8) is 0 Å². The highest BCUT2D eigenvalue weighted by molar-refractivity contribution is 7.90. The Morgan fingerprint density at radius 1 is 1.45 bits per heavy atom. The lowest BCUT2D eigenvalue weighted by molar-refractivity contribution is -0.120. The summed E-state index contributed by atoms with van der Waals surface area (Å²) >= 11 is 0. The van der Waals surface area contributed by atoms with Crippen LogP contribution in [0.1, 0.15) is 31.9 Å². The summed E-state index contributed by atoms with van der Waals surface area (Å²) < 4.78 is 36.4. The minimum Gasteiger partial charge on any atom is -0.368 e. The first-order valence-corrected chi connectivity index (χ1v) is 8.10. The van der Waals surface area contributed by atoms with Crippen LogP contribution in [-0.2, 0) is 14.6 Å². The number of nitrogens with two attached hydrogens (primary N) is 1. The van der Waals surface area contributed by atoms with Crippen LogP contribution in [0.5, 0.6) is 0 Å². The molecular weight excluding hydrogens is 283 g/mol. The van der Waals surface area contributed by atoms with Crippen molar-refractivity contribution in [2.24, 2.45) is 5.73 Å². The van der Waals surface area contributed by atoms with Crippen molar-refractivity contribution in [3.05, 3.63) is 29.6 Å². The van der Waals surface area contributed by atoms with Crippen molar-refractivity contribution >= 4 is 15.7 Å². The number of carbonyl (C=O) groups is 1. The lowest BCUT2D eigenvalue weighted by atomic mass is 10.1. The van der Waals surface area contributed by atoms with Gasteiger partial charge in [-0.3, -0.25) is 10.1 Å². The lowest BCUT2D eigenvalue weighted by Gasteiger charge is -2.20. The Labute approximate surface area is 118 Å². The Hall–Kier alpha value is -1.47. The molecule has 0 saturated heterocycles. The zero-order chi connectivity index (χ0) is 15.5. The van der Waals surface area contributed by atoms with Crippen molar-refractivity contribution in [3.8, 4) is 0 Å². The average Bonchev–Trinajstić information content (AvgIpc) is 2.33. The fourth-order valence-corrected chi connectivity index (χ4v) is 2.61. The second-order valence-electron chi connectivity index (χ2n) is 4.71. The van der Waals surface area contributed by atoms with Crippen molar-refractivity contribution in [1.82, 2.24) is 5.32 Å². The van der Waals surface area contributed by atoms with E-state index >= 15 is 0 Å². The second kappa shape index (κ2) is 6.32. The van der Waals surface area contributed by atoms with Gasteiger partial charge in [-0.25, -0.2) is 12.8 Å². The Balaban J connectivity index is 2.99. The van der Waals surface area contributed by atoms with Gasteiger partial charge in [0.1, 0.15) is 10.7 Å². The van der Waals surface area contributed by atoms with Gasteiger partial charge in [-0.05, 0) is 31.0 Å². The molecule has 1 rings (SSSR count). The predicted octanol–water partition coefficient (Wildman–Crippen LogP) is 1.14. The highest BCUT2D eigenvalue weighted by atomic mass is 32.2. The Kier molecular flexibility index (Phi) is 5.24. The molecule has 20 heavy (non-hydrogen) atoms. The van der Waals surface area contributed by atoms with Crippen molar-refractivity contribution in [1.29, 1.82) is 0 Å². The summed E-state index contributed by atoms with van der Waals surface area (Å²) in [7, 11) is -3.59. The van der Waals surface area contributed by atoms with Crippen LogP contribution in [0.2, 0.25) is 0 Å². The fraction of sp³-hybridized carbons (Fsp3) is 0.462. The molecule has 0 aliphatic carbocycles. The molecule has 0 aliphatic rings. The second-order valence-corrected chi connectivity index (χ2v) is 6.70. The smallest absolute Gasteiger partial charge is 0.234 e. The summed E-state index contributed by atoms with van der Waals surface area (Å²) in [6, 6.07) is 3.06. The fourth-order valence-electron chi connectivity index (χ4n) is 1.89. The van der Waals surface area contributed by atoms with E-state index in [1.165, 1.54) is 12.1 Å². The summed E-state index contributed by atoms with van der Waals surface area (Å²) in [6.45, 7) is 3.56. The first-order valence-electron chi connectivity index (χ1n) is 6.21. The van der Waals surface area contributed by atoms with E-state index in [0.29, 0.717) is 12.0 Å². The maximum Gasteiger partial charge on any atom is 0.234 e. The summed E-state index contributed by atoms with van der Waals surface area (Å²) in [5, 5.41) is 2.98. The number of sulfone groups is 1. The van der Waals surface area contributed by atoms with Crippen LogP contribution in [0.3, 0.4) is 0 Å². The van der Waals surface area contributed by atoms with Crippen LogP contribution in [-0.4, -0.2) is 26.6 Å². The number of carbonyl (C=O) groups excluding carboxylic acids is 1. The summed E-state index contributed by atoms with van der Waals surface area (Å²) in [5.41, 5.74) is 5.78. The summed E-state index contributed by atoms with van der Waals surface area (Å²) in [4.78, 5) is 10.8. The number of amides is 1. The van der Waals surface area contributed by atoms with E-state index < -0.39 is 27.6 Å². The van der Waals surface area contributed by atoms with E-state index in [1.807, 2.05) is 6.92 Å². The molecule has 0 bridgehead atoms. The number of primary amides is 1. The van der Waals surface area contributed by atoms with Gasteiger partial charge in [-0.2, -0.15) is 0 Å². The molecule has 0 saturated carbocycles. The largest absolute Gasteiger partial charge is 0.368 e. The minimum absolute atomic E-state index is 0.324. The summed E-state index contributed by atoms with van der Waals surface area (Å²) in [6.07, 6.45) is 1.47. The molecule has 0 radical (unpaired) electrons. The molecule has 0 heterocycles. The van der Waals surface area contributed by atoms with Gasteiger partial charge in [0, 0.05) is 12.3 Å². The molecule has 7 heteroatoms. The average molecular weight is 302 g/mol. The third-order valence-corrected chi connectivity index (χ3v) is 4.19. The van der Waals surface area contributed by atoms with E-state index in [2.05, 4.69) is 5.32 Å². The first-order chi connectivity index (χ1) is 9.16. The Morgan fingerprint density at radius 3 is 2.45 bits per heavy atom. The molecule has 0 aromatic heterocycles. The van der Waals surface area contributed by atoms with Crippen molar-refractivity contribution in [2.75, 3.05) is 6.26 Å². The van der Waals surface area contributed by atoms with Crippen LogP contribution < -0.4 is 11.1 Å². The molecule has 2 unspecified atom stereocenters. The standard InChI is InChI=1S/C13H19FN2O3S/c1-4-11(13(15)17)16-8(2)9-5-6-12(10(14)7-9)20(3,18)19/h5-8,11,16H,4H2,1-3H3,(H2,15,17). The number of halogens is 1. The van der Waals surface area contributed by atoms with Gasteiger partial charge in [0.05, 0.1) is 6.04 Å². The quantitative estimate of drug-likeness (QED) is 0.824. The Morgan fingerprint density at radius 2 is 2.05 bits per heavy atom. The van der Waals surface area contributed by atoms with Crippen LogP contribution in [0.25, 0.3) is 0 Å². The maximum atomic E-state index is 13.8. The molecule has 0 spiro atoms. The predicted molar refractivity (Wildman–Crippen MR) is 74.3 cm³/mol. The molecule has 112 valence electrons. The molecule has 1 aromatic rings. The van der Waals surface area contributed by atoms with Crippen LogP contribution in [0.15, 0.2) is 23.1 Å². The minimum atomic E-state index is -3.59. The van der Waals surface area contributed by atoms with E-state index in [0.717, 1.165) is 12.3 Å².